The summed E-state index contributed by atoms with van der Waals surface area (Å²) < 4.78 is 56.0. The first-order valence-corrected chi connectivity index (χ1v) is 8.58. The SMILES string of the molecule is CCOC(=O)CC(=O)c1cc(I)cc(F)c1F.O=C(O)c1c[c-]cc(F)c1F.[Y]. The Bertz CT molecular complexity index is 908. The minimum absolute atomic E-state index is 0. The molecule has 0 amide bonds. The molecule has 0 atom stereocenters. The van der Waals surface area contributed by atoms with Gasteiger partial charge in [-0.1, -0.05) is 0 Å². The van der Waals surface area contributed by atoms with E-state index in [1.54, 1.807) is 29.5 Å². The number of carboxylic acids is 1. The summed E-state index contributed by atoms with van der Waals surface area (Å²) in [5.74, 6) is -7.95. The number of esters is 1. The standard InChI is InChI=1S/C11H9F2IO3.C7H3F2O2.Y/c1-2-17-10(16)5-9(15)7-3-6(14)4-8(12)11(7)13;8-5-3-1-2-4(6(5)9)7(10)11;/h3-4H,2,5H2,1H3;2-3H,(H,10,11);/q;-1;. The monoisotopic (exact) mass is 600 g/mol. The minimum atomic E-state index is -1.50. The van der Waals surface area contributed by atoms with Gasteiger partial charge in [0, 0.05) is 42.1 Å². The number of carbonyl (C=O) groups excluding carboxylic acids is 2. The molecule has 5 nitrogen and oxygen atoms in total. The molecule has 0 aromatic heterocycles. The molecule has 0 bridgehead atoms. The molecule has 11 heteroatoms. The number of Topliss-reactive ketones (excluding diaryl/α,β-unsaturated/α-hetero) is 1. The van der Waals surface area contributed by atoms with Crippen molar-refractivity contribution in [2.75, 3.05) is 6.61 Å². The quantitative estimate of drug-likeness (QED) is 0.106. The Balaban J connectivity index is 0.000000568. The van der Waals surface area contributed by atoms with Gasteiger partial charge < -0.3 is 9.84 Å². The van der Waals surface area contributed by atoms with Crippen molar-refractivity contribution in [2.45, 2.75) is 13.3 Å². The summed E-state index contributed by atoms with van der Waals surface area (Å²) in [6.07, 6.45) is -0.593. The fraction of sp³-hybridized carbons (Fsp3) is 0.167. The van der Waals surface area contributed by atoms with Crippen LogP contribution in [0.2, 0.25) is 0 Å². The molecular weight excluding hydrogens is 588 g/mol. The molecule has 0 spiro atoms. The molecule has 1 N–H and O–H groups in total. The van der Waals surface area contributed by atoms with Crippen LogP contribution in [0.3, 0.4) is 0 Å². The van der Waals surface area contributed by atoms with Gasteiger partial charge in [-0.05, 0) is 47.2 Å². The van der Waals surface area contributed by atoms with Gasteiger partial charge in [0.15, 0.2) is 17.4 Å². The third-order valence-electron chi connectivity index (χ3n) is 3.02. The zero-order chi connectivity index (χ0) is 21.4. The fourth-order valence-electron chi connectivity index (χ4n) is 1.81. The van der Waals surface area contributed by atoms with E-state index in [2.05, 4.69) is 10.8 Å². The summed E-state index contributed by atoms with van der Waals surface area (Å²) in [5.41, 5.74) is -1.13. The van der Waals surface area contributed by atoms with Crippen LogP contribution >= 0.6 is 22.6 Å². The number of rotatable bonds is 5. The molecule has 1 radical (unpaired) electrons. The Labute approximate surface area is 201 Å². The summed E-state index contributed by atoms with van der Waals surface area (Å²) in [7, 11) is 0. The molecule has 0 fully saturated rings. The van der Waals surface area contributed by atoms with Crippen molar-refractivity contribution >= 4 is 40.3 Å². The number of ether oxygens (including phenoxy) is 1. The smallest absolute Gasteiger partial charge is 0.313 e. The minimum Gasteiger partial charge on any atom is -0.487 e. The van der Waals surface area contributed by atoms with E-state index in [1.807, 2.05) is 0 Å². The molecule has 2 rings (SSSR count). The first-order chi connectivity index (χ1) is 13.1. The van der Waals surface area contributed by atoms with Crippen LogP contribution in [0.15, 0.2) is 24.3 Å². The average molecular weight is 600 g/mol. The summed E-state index contributed by atoms with van der Waals surface area (Å²) in [6, 6.07) is 5.93. The van der Waals surface area contributed by atoms with E-state index < -0.39 is 58.5 Å². The van der Waals surface area contributed by atoms with Crippen LogP contribution < -0.4 is 0 Å². The van der Waals surface area contributed by atoms with Gasteiger partial charge in [-0.25, -0.2) is 13.2 Å². The van der Waals surface area contributed by atoms with Crippen LogP contribution in [0.4, 0.5) is 17.6 Å². The molecule has 2 aromatic rings. The zero-order valence-corrected chi connectivity index (χ0v) is 19.8. The van der Waals surface area contributed by atoms with Crippen LogP contribution in [0.25, 0.3) is 0 Å². The summed E-state index contributed by atoms with van der Waals surface area (Å²) in [6.45, 7) is 1.73. The Morgan fingerprint density at radius 2 is 1.62 bits per heavy atom. The van der Waals surface area contributed by atoms with Gasteiger partial charge in [0.25, 0.3) is 5.97 Å². The van der Waals surface area contributed by atoms with Crippen LogP contribution in [-0.2, 0) is 42.2 Å². The van der Waals surface area contributed by atoms with Crippen molar-refractivity contribution in [1.29, 1.82) is 0 Å². The van der Waals surface area contributed by atoms with Gasteiger partial charge in [-0.3, -0.25) is 18.8 Å². The second-order valence-corrected chi connectivity index (χ2v) is 6.24. The molecule has 0 unspecified atom stereocenters. The normalized spacial score (nSPS) is 9.59. The van der Waals surface area contributed by atoms with Crippen molar-refractivity contribution in [2.24, 2.45) is 0 Å². The van der Waals surface area contributed by atoms with Crippen molar-refractivity contribution in [3.63, 3.8) is 0 Å². The topological polar surface area (TPSA) is 80.7 Å². The second kappa shape index (κ2) is 13.0. The maximum atomic E-state index is 13.3. The Morgan fingerprint density at radius 3 is 2.14 bits per heavy atom. The first kappa shape index (κ1) is 27.6. The van der Waals surface area contributed by atoms with E-state index in [4.69, 9.17) is 5.11 Å². The Kier molecular flexibility index (Phi) is 12.4. The number of aromatic carboxylic acids is 1. The molecule has 0 aliphatic rings. The number of carbonyl (C=O) groups is 3. The van der Waals surface area contributed by atoms with Crippen molar-refractivity contribution in [3.05, 3.63) is 68.3 Å². The maximum Gasteiger partial charge on any atom is 0.313 e. The molecule has 29 heavy (non-hydrogen) atoms. The van der Waals surface area contributed by atoms with E-state index in [9.17, 15) is 31.9 Å². The van der Waals surface area contributed by atoms with Crippen molar-refractivity contribution in [3.8, 4) is 0 Å². The Morgan fingerprint density at radius 1 is 1.03 bits per heavy atom. The van der Waals surface area contributed by atoms with E-state index in [0.29, 0.717) is 3.57 Å². The van der Waals surface area contributed by atoms with Crippen LogP contribution in [0.1, 0.15) is 34.1 Å². The number of halogens is 5. The van der Waals surface area contributed by atoms with Gasteiger partial charge in [0.05, 0.1) is 18.0 Å². The number of hydrogen-bond acceptors (Lipinski definition) is 4. The fourth-order valence-corrected chi connectivity index (χ4v) is 2.39. The molecule has 0 aliphatic heterocycles. The molecule has 0 saturated carbocycles. The van der Waals surface area contributed by atoms with Crippen molar-refractivity contribution < 1.29 is 74.5 Å². The summed E-state index contributed by atoms with van der Waals surface area (Å²) >= 11 is 1.76. The van der Waals surface area contributed by atoms with Gasteiger partial charge in [-0.15, -0.1) is 6.07 Å². The number of carboxylic acid groups (broad SMARTS) is 1. The first-order valence-electron chi connectivity index (χ1n) is 7.50. The van der Waals surface area contributed by atoms with Gasteiger partial charge >= 0.3 is 5.97 Å². The summed E-state index contributed by atoms with van der Waals surface area (Å²) in [5, 5.41) is 8.26. The van der Waals surface area contributed by atoms with E-state index in [1.165, 1.54) is 6.07 Å². The molecule has 0 saturated heterocycles. The zero-order valence-electron chi connectivity index (χ0n) is 14.8. The predicted molar refractivity (Wildman–Crippen MR) is 96.8 cm³/mol. The number of ketones is 1. The molecule has 2 aromatic carbocycles. The van der Waals surface area contributed by atoms with E-state index in [0.717, 1.165) is 18.2 Å². The molecule has 153 valence electrons. The number of benzene rings is 2. The second-order valence-electron chi connectivity index (χ2n) is 4.99. The molecule has 0 heterocycles. The van der Waals surface area contributed by atoms with Crippen LogP contribution in [0.5, 0.6) is 0 Å². The van der Waals surface area contributed by atoms with E-state index >= 15 is 0 Å². The number of hydrogen-bond donors (Lipinski definition) is 1. The molecular formula is C18H12F4IO5Y-. The van der Waals surface area contributed by atoms with Gasteiger partial charge in [-0.2, -0.15) is 12.1 Å². The third kappa shape index (κ3) is 8.47. The van der Waals surface area contributed by atoms with Crippen molar-refractivity contribution in [1.82, 2.24) is 0 Å². The average Bonchev–Trinajstić information content (AvgIpc) is 2.60. The molecule has 0 aliphatic carbocycles. The van der Waals surface area contributed by atoms with Crippen LogP contribution in [0, 0.1) is 32.9 Å². The maximum absolute atomic E-state index is 13.3. The van der Waals surface area contributed by atoms with E-state index in [-0.39, 0.29) is 39.3 Å². The third-order valence-corrected chi connectivity index (χ3v) is 3.64. The van der Waals surface area contributed by atoms with Gasteiger partial charge in [0.2, 0.25) is 0 Å². The Hall–Kier alpha value is -1.40. The van der Waals surface area contributed by atoms with Gasteiger partial charge in [0.1, 0.15) is 6.42 Å². The summed E-state index contributed by atoms with van der Waals surface area (Å²) in [4.78, 5) is 32.7. The predicted octanol–water partition coefficient (Wildman–Crippen LogP) is 4.17. The largest absolute Gasteiger partial charge is 0.487 e. The van der Waals surface area contributed by atoms with Crippen LogP contribution in [-0.4, -0.2) is 29.4 Å².